The predicted octanol–water partition coefficient (Wildman–Crippen LogP) is 3.28. The minimum Gasteiger partial charge on any atom is -0.390 e. The number of terminal acetylenes is 1. The molecule has 1 aliphatic rings. The molecule has 0 bridgehead atoms. The number of nitrogens with one attached hydrogen (secondary N) is 2. The number of nitrogens with zero attached hydrogens (tertiary/aromatic N) is 1. The van der Waals surface area contributed by atoms with E-state index in [4.69, 9.17) is 6.42 Å². The number of carbonyl (C=O) groups is 2. The molecule has 0 aromatic heterocycles. The van der Waals surface area contributed by atoms with Crippen LogP contribution in [0.1, 0.15) is 77.7 Å². The number of benzene rings is 1. The summed E-state index contributed by atoms with van der Waals surface area (Å²) >= 11 is 0. The van der Waals surface area contributed by atoms with Gasteiger partial charge in [-0.25, -0.2) is 0 Å². The van der Waals surface area contributed by atoms with Gasteiger partial charge in [0.25, 0.3) is 0 Å². The Hall–Kier alpha value is -2.25. The molecule has 0 heterocycles. The fourth-order valence-electron chi connectivity index (χ4n) is 5.71. The first-order valence-electron chi connectivity index (χ1n) is 16.0. The summed E-state index contributed by atoms with van der Waals surface area (Å²) < 4.78 is 13.0. The van der Waals surface area contributed by atoms with Crippen molar-refractivity contribution in [2.75, 3.05) is 31.6 Å². The van der Waals surface area contributed by atoms with Crippen molar-refractivity contribution < 1.29 is 24.0 Å². The molecule has 43 heavy (non-hydrogen) atoms. The molecule has 0 saturated heterocycles. The smallest absolute Gasteiger partial charge is 0.243 e. The zero-order valence-corrected chi connectivity index (χ0v) is 27.5. The maximum Gasteiger partial charge on any atom is 0.243 e. The van der Waals surface area contributed by atoms with E-state index < -0.39 is 46.9 Å². The summed E-state index contributed by atoms with van der Waals surface area (Å²) in [5, 5.41) is 27.7. The Morgan fingerprint density at radius 1 is 1.09 bits per heavy atom. The first-order valence-corrected chi connectivity index (χ1v) is 17.5. The molecule has 1 unspecified atom stereocenters. The zero-order valence-electron chi connectivity index (χ0n) is 26.7. The normalized spacial score (nSPS) is 18.3. The highest BCUT2D eigenvalue weighted by molar-refractivity contribution is 7.85. The molecule has 1 saturated carbocycles. The van der Waals surface area contributed by atoms with E-state index >= 15 is 0 Å². The minimum atomic E-state index is -1.23. The number of hydrogen-bond acceptors (Lipinski definition) is 6. The molecular formula is C34H55N3O5S. The van der Waals surface area contributed by atoms with Crippen molar-refractivity contribution in [1.29, 1.82) is 0 Å². The highest BCUT2D eigenvalue weighted by Gasteiger charge is 2.34. The van der Waals surface area contributed by atoms with Crippen LogP contribution in [0.3, 0.4) is 0 Å². The van der Waals surface area contributed by atoms with E-state index in [1.807, 2.05) is 58.2 Å². The van der Waals surface area contributed by atoms with Gasteiger partial charge < -0.3 is 25.7 Å². The van der Waals surface area contributed by atoms with Crippen LogP contribution >= 0.6 is 0 Å². The van der Waals surface area contributed by atoms with Crippen LogP contribution in [0.4, 0.5) is 0 Å². The van der Waals surface area contributed by atoms with Crippen LogP contribution in [-0.2, 0) is 26.8 Å². The third kappa shape index (κ3) is 13.9. The van der Waals surface area contributed by atoms with Gasteiger partial charge >= 0.3 is 0 Å². The van der Waals surface area contributed by atoms with Gasteiger partial charge in [0.15, 0.2) is 0 Å². The molecule has 9 heteroatoms. The fraction of sp³-hybridized carbons (Fsp3) is 0.706. The van der Waals surface area contributed by atoms with Crippen LogP contribution in [0.15, 0.2) is 30.3 Å². The van der Waals surface area contributed by atoms with Crippen LogP contribution in [0.25, 0.3) is 0 Å². The van der Waals surface area contributed by atoms with Crippen LogP contribution in [-0.4, -0.2) is 87.1 Å². The first-order chi connectivity index (χ1) is 20.5. The molecule has 0 aliphatic heterocycles. The quantitative estimate of drug-likeness (QED) is 0.177. The van der Waals surface area contributed by atoms with Crippen molar-refractivity contribution in [2.45, 2.75) is 103 Å². The molecule has 0 radical (unpaired) electrons. The van der Waals surface area contributed by atoms with Crippen LogP contribution in [0, 0.1) is 30.1 Å². The Bertz CT molecular complexity index is 1020. The molecule has 4 N–H and O–H groups in total. The largest absolute Gasteiger partial charge is 0.390 e. The average Bonchev–Trinajstić information content (AvgIpc) is 2.99. The second-order valence-corrected chi connectivity index (χ2v) is 14.2. The molecule has 0 spiro atoms. The molecule has 1 fully saturated rings. The summed E-state index contributed by atoms with van der Waals surface area (Å²) in [7, 11) is 0.737. The number of hydrogen-bond donors (Lipinski definition) is 4. The van der Waals surface area contributed by atoms with E-state index in [2.05, 4.69) is 21.5 Å². The Kier molecular flexibility index (Phi) is 17.1. The van der Waals surface area contributed by atoms with Gasteiger partial charge in [0.2, 0.25) is 11.8 Å². The second-order valence-electron chi connectivity index (χ2n) is 12.6. The van der Waals surface area contributed by atoms with E-state index in [-0.39, 0.29) is 24.0 Å². The van der Waals surface area contributed by atoms with Gasteiger partial charge in [-0.3, -0.25) is 13.8 Å². The van der Waals surface area contributed by atoms with Crippen molar-refractivity contribution in [3.63, 3.8) is 0 Å². The SMILES string of the molecule is C#CC[C@H](NC(=O)[C@H](Cc1ccccc1)CS(=O)CCN(C)CC)C(=O)N[C@@H](CC1CCCCC1)[C@@H](O)[C@@H](O)CC(C)C. The molecule has 242 valence electrons. The average molecular weight is 618 g/mol. The molecule has 6 atom stereocenters. The standard InChI is InChI=1S/C34H55N3O5S/c1-6-14-29(34(41)36-30(23-27-17-12-9-13-18-27)32(39)31(38)21-25(3)4)35-33(40)28(22-26-15-10-8-11-16-26)24-43(42)20-19-37(5)7-2/h1,8,10-11,15-16,25,27-32,38-39H,7,9,12-14,17-24H2,2-5H3,(H,35,40)(H,36,41)/t28-,29+,30+,31+,32-,43?/m1/s1. The van der Waals surface area contributed by atoms with Gasteiger partial charge in [-0.05, 0) is 50.3 Å². The van der Waals surface area contributed by atoms with Crippen molar-refractivity contribution in [3.05, 3.63) is 35.9 Å². The van der Waals surface area contributed by atoms with Crippen LogP contribution in [0.2, 0.25) is 0 Å². The third-order valence-electron chi connectivity index (χ3n) is 8.44. The molecule has 1 aliphatic carbocycles. The van der Waals surface area contributed by atoms with E-state index in [9.17, 15) is 24.0 Å². The van der Waals surface area contributed by atoms with Crippen molar-refractivity contribution in [1.82, 2.24) is 15.5 Å². The lowest BCUT2D eigenvalue weighted by Gasteiger charge is -2.33. The second kappa shape index (κ2) is 19.9. The third-order valence-corrected chi connectivity index (χ3v) is 9.85. The van der Waals surface area contributed by atoms with Crippen LogP contribution in [0.5, 0.6) is 0 Å². The number of rotatable bonds is 19. The Balaban J connectivity index is 2.19. The minimum absolute atomic E-state index is 0.0270. The molecule has 1 aromatic rings. The van der Waals surface area contributed by atoms with Gasteiger partial charge in [-0.2, -0.15) is 0 Å². The number of carbonyl (C=O) groups excluding carboxylic acids is 2. The van der Waals surface area contributed by atoms with Crippen LogP contribution < -0.4 is 10.6 Å². The summed E-state index contributed by atoms with van der Waals surface area (Å²) in [4.78, 5) is 29.3. The monoisotopic (exact) mass is 617 g/mol. The lowest BCUT2D eigenvalue weighted by molar-refractivity contribution is -0.132. The summed E-state index contributed by atoms with van der Waals surface area (Å²) in [5.41, 5.74) is 0.943. The molecule has 1 aromatic carbocycles. The Morgan fingerprint density at radius 3 is 2.37 bits per heavy atom. The summed E-state index contributed by atoms with van der Waals surface area (Å²) in [6.07, 6.45) is 10.3. The predicted molar refractivity (Wildman–Crippen MR) is 175 cm³/mol. The lowest BCUT2D eigenvalue weighted by Crippen LogP contribution is -2.56. The van der Waals surface area contributed by atoms with Crippen molar-refractivity contribution in [3.8, 4) is 12.3 Å². The highest BCUT2D eigenvalue weighted by Crippen LogP contribution is 2.29. The highest BCUT2D eigenvalue weighted by atomic mass is 32.2. The first kappa shape index (κ1) is 36.9. The Labute approximate surface area is 262 Å². The number of aliphatic hydroxyl groups excluding tert-OH is 2. The maximum atomic E-state index is 13.6. The topological polar surface area (TPSA) is 119 Å². The summed E-state index contributed by atoms with van der Waals surface area (Å²) in [6, 6.07) is 7.89. The maximum absolute atomic E-state index is 13.6. The lowest BCUT2D eigenvalue weighted by atomic mass is 9.82. The van der Waals surface area contributed by atoms with Gasteiger partial charge in [0, 0.05) is 35.3 Å². The molecular weight excluding hydrogens is 562 g/mol. The molecule has 2 rings (SSSR count). The van der Waals surface area contributed by atoms with E-state index in [0.717, 1.165) is 37.8 Å². The number of amides is 2. The van der Waals surface area contributed by atoms with Crippen molar-refractivity contribution in [2.24, 2.45) is 17.8 Å². The zero-order chi connectivity index (χ0) is 31.8. The van der Waals surface area contributed by atoms with Gasteiger partial charge in [-0.1, -0.05) is 83.2 Å². The van der Waals surface area contributed by atoms with Gasteiger partial charge in [0.1, 0.15) is 12.1 Å². The summed E-state index contributed by atoms with van der Waals surface area (Å²) in [6.45, 7) is 7.50. The molecule has 8 nitrogen and oxygen atoms in total. The van der Waals surface area contributed by atoms with E-state index in [0.29, 0.717) is 37.5 Å². The van der Waals surface area contributed by atoms with Gasteiger partial charge in [-0.15, -0.1) is 12.3 Å². The van der Waals surface area contributed by atoms with E-state index in [1.54, 1.807) is 0 Å². The summed E-state index contributed by atoms with van der Waals surface area (Å²) in [5.74, 6) is 2.19. The number of aliphatic hydroxyl groups is 2. The Morgan fingerprint density at radius 2 is 1.77 bits per heavy atom. The molecule has 2 amide bonds. The van der Waals surface area contributed by atoms with Crippen molar-refractivity contribution >= 4 is 22.6 Å². The van der Waals surface area contributed by atoms with Gasteiger partial charge in [0.05, 0.1) is 18.1 Å². The van der Waals surface area contributed by atoms with E-state index in [1.165, 1.54) is 6.42 Å². The fourth-order valence-corrected chi connectivity index (χ4v) is 7.11.